The summed E-state index contributed by atoms with van der Waals surface area (Å²) in [7, 11) is 0. The van der Waals surface area contributed by atoms with Crippen LogP contribution in [0.3, 0.4) is 0 Å². The van der Waals surface area contributed by atoms with Crippen LogP contribution >= 0.6 is 12.4 Å². The zero-order chi connectivity index (χ0) is 19.4. The molecule has 2 aliphatic rings. The highest BCUT2D eigenvalue weighted by Crippen LogP contribution is 2.35. The van der Waals surface area contributed by atoms with Gasteiger partial charge in [-0.05, 0) is 69.2 Å². The maximum absolute atomic E-state index is 13.2. The van der Waals surface area contributed by atoms with Crippen molar-refractivity contribution in [2.24, 2.45) is 11.8 Å². The molecule has 3 rings (SSSR count). The summed E-state index contributed by atoms with van der Waals surface area (Å²) in [4.78, 5) is 25.4. The molecule has 1 aliphatic heterocycles. The molecule has 158 valence electrons. The quantitative estimate of drug-likeness (QED) is 0.773. The van der Waals surface area contributed by atoms with Crippen LogP contribution in [0, 0.1) is 18.8 Å². The van der Waals surface area contributed by atoms with Gasteiger partial charge in [0.05, 0.1) is 0 Å². The van der Waals surface area contributed by atoms with Crippen molar-refractivity contribution in [2.45, 2.75) is 57.9 Å². The second-order valence-corrected chi connectivity index (χ2v) is 8.05. The van der Waals surface area contributed by atoms with Gasteiger partial charge in [0.1, 0.15) is 5.56 Å². The molecule has 0 radical (unpaired) electrons. The van der Waals surface area contributed by atoms with E-state index in [9.17, 15) is 18.4 Å². The van der Waals surface area contributed by atoms with Crippen molar-refractivity contribution in [3.63, 3.8) is 0 Å². The molecule has 2 N–H and O–H groups in total. The van der Waals surface area contributed by atoms with Crippen molar-refractivity contribution < 1.29 is 13.6 Å². The van der Waals surface area contributed by atoms with Crippen LogP contribution in [0.1, 0.15) is 54.4 Å². The van der Waals surface area contributed by atoms with E-state index >= 15 is 0 Å². The number of nitrogens with one attached hydrogen (secondary N) is 2. The van der Waals surface area contributed by atoms with Gasteiger partial charge < -0.3 is 15.2 Å². The molecule has 1 amide bonds. The fourth-order valence-electron chi connectivity index (χ4n) is 4.07. The first-order chi connectivity index (χ1) is 12.9. The lowest BCUT2D eigenvalue weighted by Crippen LogP contribution is -2.39. The largest absolute Gasteiger partial charge is 0.352 e. The SMILES string of the molecule is Cc1ccn(CC2CCCNC2)c(=O)c1C(=O)NCC1CCC(F)(F)CC1.Cl. The molecule has 1 saturated heterocycles. The molecule has 1 aromatic heterocycles. The van der Waals surface area contributed by atoms with E-state index in [1.165, 1.54) is 0 Å². The van der Waals surface area contributed by atoms with E-state index in [1.807, 2.05) is 0 Å². The molecule has 2 heterocycles. The average molecular weight is 418 g/mol. The van der Waals surface area contributed by atoms with E-state index in [0.717, 1.165) is 25.9 Å². The third kappa shape index (κ3) is 5.77. The van der Waals surface area contributed by atoms with E-state index in [1.54, 1.807) is 23.8 Å². The highest BCUT2D eigenvalue weighted by molar-refractivity contribution is 5.95. The normalized spacial score (nSPS) is 22.3. The van der Waals surface area contributed by atoms with Crippen LogP contribution in [-0.4, -0.2) is 36.0 Å². The summed E-state index contributed by atoms with van der Waals surface area (Å²) >= 11 is 0. The number of piperidine rings is 1. The molecular formula is C20H30ClF2N3O2. The topological polar surface area (TPSA) is 63.1 Å². The molecule has 1 saturated carbocycles. The Balaban J connectivity index is 0.00000280. The van der Waals surface area contributed by atoms with Crippen molar-refractivity contribution in [1.82, 2.24) is 15.2 Å². The maximum atomic E-state index is 13.2. The molecule has 0 aromatic carbocycles. The van der Waals surface area contributed by atoms with Crippen molar-refractivity contribution in [3.8, 4) is 0 Å². The monoisotopic (exact) mass is 417 g/mol. The number of amides is 1. The van der Waals surface area contributed by atoms with Crippen LogP contribution in [0.15, 0.2) is 17.1 Å². The molecule has 28 heavy (non-hydrogen) atoms. The summed E-state index contributed by atoms with van der Waals surface area (Å²) in [6.07, 6.45) is 4.48. The molecule has 1 unspecified atom stereocenters. The Bertz CT molecular complexity index is 723. The third-order valence-corrected chi connectivity index (χ3v) is 5.84. The molecular weight excluding hydrogens is 388 g/mol. The second kappa shape index (κ2) is 9.83. The molecule has 1 aromatic rings. The van der Waals surface area contributed by atoms with Gasteiger partial charge >= 0.3 is 0 Å². The fraction of sp³-hybridized carbons (Fsp3) is 0.700. The standard InChI is InChI=1S/C20H29F2N3O2.ClH/c1-14-6-10-25(13-16-3-2-9-23-11-16)19(27)17(14)18(26)24-12-15-4-7-20(21,22)8-5-15;/h6,10,15-16,23H,2-5,7-9,11-13H2,1H3,(H,24,26);1H. The lowest BCUT2D eigenvalue weighted by Gasteiger charge is -2.28. The van der Waals surface area contributed by atoms with Gasteiger partial charge in [0.2, 0.25) is 5.92 Å². The molecule has 1 atom stereocenters. The number of rotatable bonds is 5. The van der Waals surface area contributed by atoms with Gasteiger partial charge in [0, 0.05) is 32.1 Å². The Morgan fingerprint density at radius 3 is 2.64 bits per heavy atom. The van der Waals surface area contributed by atoms with Gasteiger partial charge in [0.25, 0.3) is 11.5 Å². The van der Waals surface area contributed by atoms with Crippen LogP contribution in [0.5, 0.6) is 0 Å². The Labute approximate surface area is 170 Å². The maximum Gasteiger partial charge on any atom is 0.263 e. The average Bonchev–Trinajstić information content (AvgIpc) is 2.64. The Hall–Kier alpha value is -1.47. The Morgan fingerprint density at radius 1 is 1.29 bits per heavy atom. The summed E-state index contributed by atoms with van der Waals surface area (Å²) in [6, 6.07) is 1.80. The van der Waals surface area contributed by atoms with Crippen molar-refractivity contribution in [3.05, 3.63) is 33.7 Å². The zero-order valence-electron chi connectivity index (χ0n) is 16.3. The fourth-order valence-corrected chi connectivity index (χ4v) is 4.07. The summed E-state index contributed by atoms with van der Waals surface area (Å²) in [5.74, 6) is -2.53. The number of aryl methyl sites for hydroxylation is 1. The first-order valence-corrected chi connectivity index (χ1v) is 9.92. The number of halogens is 3. The highest BCUT2D eigenvalue weighted by Gasteiger charge is 2.35. The van der Waals surface area contributed by atoms with E-state index in [2.05, 4.69) is 10.6 Å². The predicted octanol–water partition coefficient (Wildman–Crippen LogP) is 3.13. The van der Waals surface area contributed by atoms with Crippen LogP contribution in [-0.2, 0) is 6.54 Å². The van der Waals surface area contributed by atoms with Crippen molar-refractivity contribution >= 4 is 18.3 Å². The summed E-state index contributed by atoms with van der Waals surface area (Å²) in [5, 5.41) is 6.14. The van der Waals surface area contributed by atoms with Crippen LogP contribution in [0.25, 0.3) is 0 Å². The molecule has 5 nitrogen and oxygen atoms in total. The smallest absolute Gasteiger partial charge is 0.263 e. The zero-order valence-corrected chi connectivity index (χ0v) is 17.1. The molecule has 8 heteroatoms. The minimum Gasteiger partial charge on any atom is -0.352 e. The van der Waals surface area contributed by atoms with Gasteiger partial charge in [-0.15, -0.1) is 12.4 Å². The second-order valence-electron chi connectivity index (χ2n) is 8.05. The van der Waals surface area contributed by atoms with E-state index in [4.69, 9.17) is 0 Å². The van der Waals surface area contributed by atoms with Gasteiger partial charge in [-0.1, -0.05) is 0 Å². The van der Waals surface area contributed by atoms with Gasteiger partial charge in [0.15, 0.2) is 0 Å². The van der Waals surface area contributed by atoms with Gasteiger partial charge in [-0.2, -0.15) is 0 Å². The molecule has 0 bridgehead atoms. The summed E-state index contributed by atoms with van der Waals surface area (Å²) in [6.45, 7) is 4.59. The first-order valence-electron chi connectivity index (χ1n) is 9.92. The molecule has 2 fully saturated rings. The summed E-state index contributed by atoms with van der Waals surface area (Å²) in [5.41, 5.74) is 0.543. The van der Waals surface area contributed by atoms with Crippen LogP contribution in [0.2, 0.25) is 0 Å². The Morgan fingerprint density at radius 2 is 2.00 bits per heavy atom. The number of hydrogen-bond acceptors (Lipinski definition) is 3. The van der Waals surface area contributed by atoms with Crippen LogP contribution in [0.4, 0.5) is 8.78 Å². The number of hydrogen-bond donors (Lipinski definition) is 2. The highest BCUT2D eigenvalue weighted by atomic mass is 35.5. The number of carbonyl (C=O) groups is 1. The third-order valence-electron chi connectivity index (χ3n) is 5.84. The minimum absolute atomic E-state index is 0. The van der Waals surface area contributed by atoms with Gasteiger partial charge in [-0.25, -0.2) is 8.78 Å². The number of alkyl halides is 2. The lowest BCUT2D eigenvalue weighted by atomic mass is 9.87. The van der Waals surface area contributed by atoms with Gasteiger partial charge in [-0.3, -0.25) is 9.59 Å². The van der Waals surface area contributed by atoms with Crippen molar-refractivity contribution in [2.75, 3.05) is 19.6 Å². The number of aromatic nitrogens is 1. The molecule has 1 aliphatic carbocycles. The van der Waals surface area contributed by atoms with Crippen molar-refractivity contribution in [1.29, 1.82) is 0 Å². The Kier molecular flexibility index (Phi) is 8.01. The molecule has 0 spiro atoms. The van der Waals surface area contributed by atoms with E-state index in [-0.39, 0.29) is 42.3 Å². The lowest BCUT2D eigenvalue weighted by molar-refractivity contribution is -0.0452. The number of nitrogens with zero attached hydrogens (tertiary/aromatic N) is 1. The minimum atomic E-state index is -2.57. The number of pyridine rings is 1. The van der Waals surface area contributed by atoms with Crippen LogP contribution < -0.4 is 16.2 Å². The first kappa shape index (κ1) is 22.8. The predicted molar refractivity (Wildman–Crippen MR) is 108 cm³/mol. The van der Waals surface area contributed by atoms with E-state index < -0.39 is 11.8 Å². The number of carbonyl (C=O) groups excluding carboxylic acids is 1. The van der Waals surface area contributed by atoms with E-state index in [0.29, 0.717) is 37.4 Å². The summed E-state index contributed by atoms with van der Waals surface area (Å²) < 4.78 is 28.1.